The summed E-state index contributed by atoms with van der Waals surface area (Å²) in [5.74, 6) is 0.999. The molecule has 2 N–H and O–H groups in total. The van der Waals surface area contributed by atoms with Crippen LogP contribution in [0.15, 0.2) is 24.5 Å². The molecule has 2 unspecified atom stereocenters. The lowest BCUT2D eigenvalue weighted by atomic mass is 10.00. The molecular formula is C11H15N3O. The summed E-state index contributed by atoms with van der Waals surface area (Å²) in [5, 5.41) is 0. The van der Waals surface area contributed by atoms with Crippen molar-refractivity contribution in [3.05, 3.63) is 30.4 Å². The fourth-order valence-electron chi connectivity index (χ4n) is 1.82. The highest BCUT2D eigenvalue weighted by Gasteiger charge is 2.23. The summed E-state index contributed by atoms with van der Waals surface area (Å²) in [6, 6.07) is 0.0420. The largest absolute Gasteiger partial charge is 0.338 e. The molecule has 0 radical (unpaired) electrons. The van der Waals surface area contributed by atoms with Gasteiger partial charge in [0, 0.05) is 31.4 Å². The van der Waals surface area contributed by atoms with E-state index in [-0.39, 0.29) is 17.7 Å². The first kappa shape index (κ1) is 10.1. The fourth-order valence-corrected chi connectivity index (χ4v) is 1.82. The molecule has 1 heterocycles. The first-order chi connectivity index (χ1) is 7.16. The Labute approximate surface area is 88.8 Å². The predicted octanol–water partition coefficient (Wildman–Crippen LogP) is 0.435. The standard InChI is InChI=1S/C11H15N3O/c1-14-5-4-13-11(14)7-10(15)8-2-3-9(12)6-8/h2-5,8-9H,6-7,12H2,1H3. The zero-order valence-electron chi connectivity index (χ0n) is 8.76. The molecule has 0 aromatic carbocycles. The molecule has 2 rings (SSSR count). The highest BCUT2D eigenvalue weighted by Crippen LogP contribution is 2.18. The van der Waals surface area contributed by atoms with Gasteiger partial charge in [-0.2, -0.15) is 0 Å². The minimum Gasteiger partial charge on any atom is -0.338 e. The van der Waals surface area contributed by atoms with Crippen LogP contribution in [0.3, 0.4) is 0 Å². The Morgan fingerprint density at radius 2 is 2.47 bits per heavy atom. The SMILES string of the molecule is Cn1ccnc1CC(=O)C1C=CC(N)C1. The molecular weight excluding hydrogens is 190 g/mol. The molecule has 0 bridgehead atoms. The van der Waals surface area contributed by atoms with Gasteiger partial charge in [-0.25, -0.2) is 4.98 Å². The minimum atomic E-state index is -0.0169. The normalized spacial score (nSPS) is 24.7. The summed E-state index contributed by atoms with van der Waals surface area (Å²) >= 11 is 0. The topological polar surface area (TPSA) is 60.9 Å². The van der Waals surface area contributed by atoms with Gasteiger partial charge in [0.25, 0.3) is 0 Å². The van der Waals surface area contributed by atoms with Gasteiger partial charge in [-0.05, 0) is 6.42 Å². The molecule has 0 amide bonds. The van der Waals surface area contributed by atoms with Crippen LogP contribution < -0.4 is 5.73 Å². The predicted molar refractivity (Wildman–Crippen MR) is 57.1 cm³/mol. The maximum absolute atomic E-state index is 11.9. The third-order valence-corrected chi connectivity index (χ3v) is 2.78. The lowest BCUT2D eigenvalue weighted by Gasteiger charge is -2.07. The smallest absolute Gasteiger partial charge is 0.147 e. The summed E-state index contributed by atoms with van der Waals surface area (Å²) < 4.78 is 1.87. The van der Waals surface area contributed by atoms with Gasteiger partial charge in [-0.15, -0.1) is 0 Å². The first-order valence-corrected chi connectivity index (χ1v) is 5.09. The van der Waals surface area contributed by atoms with Crippen molar-refractivity contribution in [3.8, 4) is 0 Å². The number of allylic oxidation sites excluding steroid dienone is 1. The third-order valence-electron chi connectivity index (χ3n) is 2.78. The summed E-state index contributed by atoms with van der Waals surface area (Å²) in [6.45, 7) is 0. The van der Waals surface area contributed by atoms with Crippen molar-refractivity contribution in [2.75, 3.05) is 0 Å². The second-order valence-electron chi connectivity index (χ2n) is 3.99. The van der Waals surface area contributed by atoms with Crippen LogP contribution in [0.4, 0.5) is 0 Å². The number of carbonyl (C=O) groups is 1. The maximum Gasteiger partial charge on any atom is 0.147 e. The molecule has 4 nitrogen and oxygen atoms in total. The Morgan fingerprint density at radius 1 is 1.67 bits per heavy atom. The van der Waals surface area contributed by atoms with Crippen molar-refractivity contribution >= 4 is 5.78 Å². The van der Waals surface area contributed by atoms with Gasteiger partial charge in [0.05, 0.1) is 6.42 Å². The monoisotopic (exact) mass is 205 g/mol. The molecule has 4 heteroatoms. The summed E-state index contributed by atoms with van der Waals surface area (Å²) in [7, 11) is 1.89. The van der Waals surface area contributed by atoms with Crippen molar-refractivity contribution in [2.45, 2.75) is 18.9 Å². The number of ketones is 1. The second-order valence-corrected chi connectivity index (χ2v) is 3.99. The number of imidazole rings is 1. The van der Waals surface area contributed by atoms with E-state index in [1.54, 1.807) is 6.20 Å². The Balaban J connectivity index is 1.99. The molecule has 0 saturated heterocycles. The average molecular weight is 205 g/mol. The van der Waals surface area contributed by atoms with Crippen LogP contribution in [0.2, 0.25) is 0 Å². The van der Waals surface area contributed by atoms with E-state index < -0.39 is 0 Å². The summed E-state index contributed by atoms with van der Waals surface area (Å²) in [6.07, 6.45) is 8.50. The Hall–Kier alpha value is -1.42. The number of nitrogens with two attached hydrogens (primary N) is 1. The molecule has 0 spiro atoms. The number of nitrogens with zero attached hydrogens (tertiary/aromatic N) is 2. The molecule has 1 aliphatic carbocycles. The Morgan fingerprint density at radius 3 is 3.00 bits per heavy atom. The van der Waals surface area contributed by atoms with E-state index in [0.29, 0.717) is 6.42 Å². The van der Waals surface area contributed by atoms with Crippen LogP contribution in [0.5, 0.6) is 0 Å². The van der Waals surface area contributed by atoms with E-state index in [9.17, 15) is 4.79 Å². The van der Waals surface area contributed by atoms with Crippen molar-refractivity contribution in [3.63, 3.8) is 0 Å². The zero-order valence-corrected chi connectivity index (χ0v) is 8.76. The van der Waals surface area contributed by atoms with Crippen LogP contribution in [-0.2, 0) is 18.3 Å². The van der Waals surface area contributed by atoms with E-state index in [0.717, 1.165) is 12.2 Å². The van der Waals surface area contributed by atoms with Crippen LogP contribution in [0.1, 0.15) is 12.2 Å². The van der Waals surface area contributed by atoms with E-state index in [4.69, 9.17) is 5.73 Å². The lowest BCUT2D eigenvalue weighted by molar-refractivity contribution is -0.121. The van der Waals surface area contributed by atoms with Crippen molar-refractivity contribution in [1.29, 1.82) is 0 Å². The average Bonchev–Trinajstić information content (AvgIpc) is 2.77. The van der Waals surface area contributed by atoms with Gasteiger partial charge < -0.3 is 10.3 Å². The Kier molecular flexibility index (Phi) is 2.68. The summed E-state index contributed by atoms with van der Waals surface area (Å²) in [4.78, 5) is 16.0. The number of aryl methyl sites for hydroxylation is 1. The fraction of sp³-hybridized carbons (Fsp3) is 0.455. The van der Waals surface area contributed by atoms with Crippen LogP contribution >= 0.6 is 0 Å². The number of rotatable bonds is 3. The zero-order chi connectivity index (χ0) is 10.8. The first-order valence-electron chi connectivity index (χ1n) is 5.09. The van der Waals surface area contributed by atoms with Gasteiger partial charge in [0.1, 0.15) is 11.6 Å². The van der Waals surface area contributed by atoms with Gasteiger partial charge in [0.2, 0.25) is 0 Å². The Bertz CT molecular complexity index is 394. The van der Waals surface area contributed by atoms with Crippen molar-refractivity contribution in [1.82, 2.24) is 9.55 Å². The van der Waals surface area contributed by atoms with Crippen LogP contribution in [0.25, 0.3) is 0 Å². The molecule has 1 aliphatic rings. The van der Waals surface area contributed by atoms with Gasteiger partial charge >= 0.3 is 0 Å². The quantitative estimate of drug-likeness (QED) is 0.728. The highest BCUT2D eigenvalue weighted by atomic mass is 16.1. The van der Waals surface area contributed by atoms with Crippen LogP contribution in [0, 0.1) is 5.92 Å². The molecule has 1 aromatic heterocycles. The maximum atomic E-state index is 11.9. The van der Waals surface area contributed by atoms with E-state index >= 15 is 0 Å². The minimum absolute atomic E-state index is 0.0169. The third kappa shape index (κ3) is 2.15. The van der Waals surface area contributed by atoms with Crippen molar-refractivity contribution < 1.29 is 4.79 Å². The van der Waals surface area contributed by atoms with E-state index in [2.05, 4.69) is 4.98 Å². The molecule has 0 aliphatic heterocycles. The lowest BCUT2D eigenvalue weighted by Crippen LogP contribution is -2.21. The number of aromatic nitrogens is 2. The molecule has 15 heavy (non-hydrogen) atoms. The highest BCUT2D eigenvalue weighted by molar-refractivity contribution is 5.84. The van der Waals surface area contributed by atoms with Gasteiger partial charge in [0.15, 0.2) is 0 Å². The molecule has 80 valence electrons. The molecule has 0 fully saturated rings. The van der Waals surface area contributed by atoms with Gasteiger partial charge in [-0.1, -0.05) is 12.2 Å². The number of Topliss-reactive ketones (excluding diaryl/α,β-unsaturated/α-hetero) is 1. The van der Waals surface area contributed by atoms with Crippen LogP contribution in [-0.4, -0.2) is 21.4 Å². The summed E-state index contributed by atoms with van der Waals surface area (Å²) in [5.41, 5.74) is 5.71. The van der Waals surface area contributed by atoms with Gasteiger partial charge in [-0.3, -0.25) is 4.79 Å². The van der Waals surface area contributed by atoms with E-state index in [1.165, 1.54) is 0 Å². The number of hydrogen-bond donors (Lipinski definition) is 1. The second kappa shape index (κ2) is 3.98. The van der Waals surface area contributed by atoms with Crippen molar-refractivity contribution in [2.24, 2.45) is 18.7 Å². The number of hydrogen-bond acceptors (Lipinski definition) is 3. The molecule has 1 aromatic rings. The number of carbonyl (C=O) groups excluding carboxylic acids is 1. The molecule has 2 atom stereocenters. The molecule has 0 saturated carbocycles. The van der Waals surface area contributed by atoms with E-state index in [1.807, 2.05) is 30.0 Å².